The molecule has 0 aliphatic rings. The Balaban J connectivity index is 1.33. The molecule has 5 rings (SSSR count). The quantitative estimate of drug-likeness (QED) is 0.285. The highest BCUT2D eigenvalue weighted by Crippen LogP contribution is 2.36. The largest absolute Gasteiger partial charge is 0.495 e. The minimum atomic E-state index is -0.203. The van der Waals surface area contributed by atoms with E-state index in [-0.39, 0.29) is 11.7 Å². The highest BCUT2D eigenvalue weighted by Gasteiger charge is 2.15. The van der Waals surface area contributed by atoms with Gasteiger partial charge in [-0.3, -0.25) is 4.79 Å². The zero-order valence-electron chi connectivity index (χ0n) is 16.5. The van der Waals surface area contributed by atoms with Crippen LogP contribution in [0.2, 0.25) is 0 Å². The molecule has 0 aliphatic carbocycles. The van der Waals surface area contributed by atoms with E-state index in [9.17, 15) is 4.79 Å². The molecule has 3 heterocycles. The third-order valence-electron chi connectivity index (χ3n) is 4.71. The Hall–Kier alpha value is -3.78. The van der Waals surface area contributed by atoms with Gasteiger partial charge in [-0.2, -0.15) is 0 Å². The SMILES string of the molecule is COc1cc2c(cc1NC(=O)CSc1nccc(-c3ccco3)n1)oc1ccccc12. The van der Waals surface area contributed by atoms with E-state index in [2.05, 4.69) is 15.3 Å². The van der Waals surface area contributed by atoms with Crippen molar-refractivity contribution in [1.29, 1.82) is 0 Å². The van der Waals surface area contributed by atoms with Crippen molar-refractivity contribution in [3.05, 3.63) is 67.1 Å². The molecule has 154 valence electrons. The molecule has 2 aromatic carbocycles. The number of amides is 1. The maximum Gasteiger partial charge on any atom is 0.234 e. The number of carbonyl (C=O) groups is 1. The van der Waals surface area contributed by atoms with Crippen molar-refractivity contribution in [3.63, 3.8) is 0 Å². The van der Waals surface area contributed by atoms with Crippen LogP contribution in [-0.4, -0.2) is 28.7 Å². The van der Waals surface area contributed by atoms with Crippen LogP contribution in [0.1, 0.15) is 0 Å². The van der Waals surface area contributed by atoms with Crippen molar-refractivity contribution in [3.8, 4) is 17.2 Å². The van der Waals surface area contributed by atoms with Crippen molar-refractivity contribution in [2.75, 3.05) is 18.2 Å². The summed E-state index contributed by atoms with van der Waals surface area (Å²) in [6.07, 6.45) is 3.23. The number of furan rings is 2. The Morgan fingerprint density at radius 3 is 2.84 bits per heavy atom. The van der Waals surface area contributed by atoms with E-state index in [4.69, 9.17) is 13.6 Å². The summed E-state index contributed by atoms with van der Waals surface area (Å²) < 4.78 is 16.8. The number of thioether (sulfide) groups is 1. The van der Waals surface area contributed by atoms with Gasteiger partial charge in [0.05, 0.1) is 24.8 Å². The van der Waals surface area contributed by atoms with E-state index in [0.717, 1.165) is 16.4 Å². The molecule has 0 radical (unpaired) electrons. The summed E-state index contributed by atoms with van der Waals surface area (Å²) in [6.45, 7) is 0. The molecule has 0 atom stereocenters. The number of carbonyl (C=O) groups excluding carboxylic acids is 1. The number of nitrogens with zero attached hydrogens (tertiary/aromatic N) is 2. The van der Waals surface area contributed by atoms with Gasteiger partial charge >= 0.3 is 0 Å². The van der Waals surface area contributed by atoms with Crippen molar-refractivity contribution < 1.29 is 18.4 Å². The molecule has 0 saturated carbocycles. The van der Waals surface area contributed by atoms with Crippen LogP contribution in [-0.2, 0) is 4.79 Å². The number of rotatable bonds is 6. The predicted octanol–water partition coefficient (Wildman–Crippen LogP) is 5.38. The van der Waals surface area contributed by atoms with Crippen molar-refractivity contribution in [1.82, 2.24) is 9.97 Å². The monoisotopic (exact) mass is 431 g/mol. The van der Waals surface area contributed by atoms with E-state index < -0.39 is 0 Å². The number of hydrogen-bond donors (Lipinski definition) is 1. The summed E-state index contributed by atoms with van der Waals surface area (Å²) in [7, 11) is 1.57. The number of anilines is 1. The van der Waals surface area contributed by atoms with Gasteiger partial charge in [-0.25, -0.2) is 9.97 Å². The third-order valence-corrected chi connectivity index (χ3v) is 5.57. The van der Waals surface area contributed by atoms with Crippen LogP contribution in [0.5, 0.6) is 5.75 Å². The lowest BCUT2D eigenvalue weighted by Gasteiger charge is -2.10. The first-order valence-corrected chi connectivity index (χ1v) is 10.5. The first kappa shape index (κ1) is 19.2. The van der Waals surface area contributed by atoms with Gasteiger partial charge in [0.2, 0.25) is 5.91 Å². The fraction of sp³-hybridized carbons (Fsp3) is 0.0870. The summed E-state index contributed by atoms with van der Waals surface area (Å²) in [5, 5.41) is 5.31. The number of para-hydroxylation sites is 1. The van der Waals surface area contributed by atoms with Gasteiger partial charge < -0.3 is 18.9 Å². The number of nitrogens with one attached hydrogen (secondary N) is 1. The normalized spacial score (nSPS) is 11.1. The van der Waals surface area contributed by atoms with Gasteiger partial charge in [0.15, 0.2) is 10.9 Å². The molecule has 5 aromatic rings. The first-order valence-electron chi connectivity index (χ1n) is 9.50. The molecular formula is C23H17N3O4S. The lowest BCUT2D eigenvalue weighted by Crippen LogP contribution is -2.15. The maximum absolute atomic E-state index is 12.6. The molecule has 0 unspecified atom stereocenters. The molecule has 3 aromatic heterocycles. The van der Waals surface area contributed by atoms with Crippen LogP contribution in [0.4, 0.5) is 5.69 Å². The van der Waals surface area contributed by atoms with Crippen molar-refractivity contribution in [2.24, 2.45) is 0 Å². The molecule has 31 heavy (non-hydrogen) atoms. The maximum atomic E-state index is 12.6. The van der Waals surface area contributed by atoms with Gasteiger partial charge in [0.25, 0.3) is 0 Å². The van der Waals surface area contributed by atoms with E-state index in [1.807, 2.05) is 36.4 Å². The molecule has 7 nitrogen and oxygen atoms in total. The van der Waals surface area contributed by atoms with Gasteiger partial charge in [-0.15, -0.1) is 0 Å². The lowest BCUT2D eigenvalue weighted by molar-refractivity contribution is -0.113. The summed E-state index contributed by atoms with van der Waals surface area (Å²) >= 11 is 1.24. The van der Waals surface area contributed by atoms with E-state index in [1.165, 1.54) is 11.8 Å². The fourth-order valence-electron chi connectivity index (χ4n) is 3.31. The minimum absolute atomic E-state index is 0.142. The second-order valence-electron chi connectivity index (χ2n) is 6.69. The molecule has 0 bridgehead atoms. The molecule has 1 N–H and O–H groups in total. The number of ether oxygens (including phenoxy) is 1. The Labute approximate surface area is 181 Å². The second-order valence-corrected chi connectivity index (χ2v) is 7.63. The minimum Gasteiger partial charge on any atom is -0.495 e. The van der Waals surface area contributed by atoms with E-state index in [0.29, 0.717) is 33.6 Å². The van der Waals surface area contributed by atoms with Gasteiger partial charge in [-0.1, -0.05) is 30.0 Å². The topological polar surface area (TPSA) is 90.4 Å². The molecule has 0 spiro atoms. The van der Waals surface area contributed by atoms with Crippen LogP contribution in [0.3, 0.4) is 0 Å². The Morgan fingerprint density at radius 2 is 2.00 bits per heavy atom. The second kappa shape index (κ2) is 8.16. The van der Waals surface area contributed by atoms with Crippen molar-refractivity contribution in [2.45, 2.75) is 5.16 Å². The van der Waals surface area contributed by atoms with Crippen LogP contribution < -0.4 is 10.1 Å². The average Bonchev–Trinajstić information content (AvgIpc) is 3.45. The Morgan fingerprint density at radius 1 is 1.10 bits per heavy atom. The highest BCUT2D eigenvalue weighted by molar-refractivity contribution is 7.99. The van der Waals surface area contributed by atoms with Gasteiger partial charge in [0.1, 0.15) is 22.6 Å². The molecule has 0 saturated heterocycles. The summed E-state index contributed by atoms with van der Waals surface area (Å²) in [6, 6.07) is 16.8. The first-order chi connectivity index (χ1) is 15.2. The standard InChI is InChI=1S/C23H17N3O4S/c1-28-21-11-15-14-5-2-3-6-18(14)30-20(15)12-17(21)25-22(27)13-31-23-24-9-8-16(26-23)19-7-4-10-29-19/h2-12H,13H2,1H3,(H,25,27). The zero-order valence-corrected chi connectivity index (χ0v) is 17.3. The lowest BCUT2D eigenvalue weighted by atomic mass is 10.1. The molecule has 0 fully saturated rings. The van der Waals surface area contributed by atoms with Gasteiger partial charge in [0, 0.05) is 23.0 Å². The van der Waals surface area contributed by atoms with E-state index in [1.54, 1.807) is 37.8 Å². The highest BCUT2D eigenvalue weighted by atomic mass is 32.2. The number of aromatic nitrogens is 2. The van der Waals surface area contributed by atoms with Crippen LogP contribution in [0, 0.1) is 0 Å². The third kappa shape index (κ3) is 3.85. The van der Waals surface area contributed by atoms with Crippen molar-refractivity contribution >= 4 is 45.3 Å². The van der Waals surface area contributed by atoms with Crippen LogP contribution in [0.25, 0.3) is 33.4 Å². The number of benzene rings is 2. The predicted molar refractivity (Wildman–Crippen MR) is 119 cm³/mol. The zero-order chi connectivity index (χ0) is 21.2. The molecule has 0 aliphatic heterocycles. The number of fused-ring (bicyclic) bond motifs is 3. The average molecular weight is 431 g/mol. The molecular weight excluding hydrogens is 414 g/mol. The summed E-state index contributed by atoms with van der Waals surface area (Å²) in [5.74, 6) is 1.15. The van der Waals surface area contributed by atoms with Crippen LogP contribution in [0.15, 0.2) is 81.0 Å². The smallest absolute Gasteiger partial charge is 0.234 e. The summed E-state index contributed by atoms with van der Waals surface area (Å²) in [4.78, 5) is 21.2. The number of methoxy groups -OCH3 is 1. The fourth-order valence-corrected chi connectivity index (χ4v) is 3.94. The van der Waals surface area contributed by atoms with Crippen LogP contribution >= 0.6 is 11.8 Å². The van der Waals surface area contributed by atoms with Gasteiger partial charge in [-0.05, 0) is 30.3 Å². The number of hydrogen-bond acceptors (Lipinski definition) is 7. The Bertz CT molecular complexity index is 1380. The van der Waals surface area contributed by atoms with E-state index >= 15 is 0 Å². The summed E-state index contributed by atoms with van der Waals surface area (Å²) in [5.41, 5.74) is 2.68. The molecule has 1 amide bonds. The molecule has 8 heteroatoms. The Kier molecular flexibility index (Phi) is 5.05.